The molecule has 1 aromatic carbocycles. The lowest BCUT2D eigenvalue weighted by Gasteiger charge is -2.28. The van der Waals surface area contributed by atoms with Gasteiger partial charge in [-0.25, -0.2) is 13.2 Å². The molecule has 1 aliphatic rings. The SMILES string of the molecule is CCOC(=O)c1sc(NC(=O)c2sccc2S(=O)(=O)N2CCc3ccccc3C2)cc1C. The molecular formula is C22H22N2O5S3. The summed E-state index contributed by atoms with van der Waals surface area (Å²) in [6.45, 7) is 4.39. The number of thiophene rings is 2. The molecule has 7 nitrogen and oxygen atoms in total. The van der Waals surface area contributed by atoms with E-state index in [1.807, 2.05) is 24.3 Å². The minimum absolute atomic E-state index is 0.00160. The summed E-state index contributed by atoms with van der Waals surface area (Å²) >= 11 is 2.18. The average Bonchev–Trinajstić information content (AvgIpc) is 3.41. The van der Waals surface area contributed by atoms with Crippen LogP contribution in [0.15, 0.2) is 46.7 Å². The van der Waals surface area contributed by atoms with E-state index in [2.05, 4.69) is 5.32 Å². The summed E-state index contributed by atoms with van der Waals surface area (Å²) in [6, 6.07) is 10.9. The van der Waals surface area contributed by atoms with Crippen LogP contribution in [0.25, 0.3) is 0 Å². The maximum atomic E-state index is 13.3. The number of carbonyl (C=O) groups excluding carboxylic acids is 2. The zero-order valence-corrected chi connectivity index (χ0v) is 20.0. The van der Waals surface area contributed by atoms with Gasteiger partial charge in [0.1, 0.15) is 14.6 Å². The molecule has 168 valence electrons. The summed E-state index contributed by atoms with van der Waals surface area (Å²) in [4.78, 5) is 25.5. The van der Waals surface area contributed by atoms with Crippen molar-refractivity contribution < 1.29 is 22.7 Å². The predicted octanol–water partition coefficient (Wildman–Crippen LogP) is 4.29. The standard InChI is InChI=1S/C22H22N2O5S3/c1-3-29-22(26)19-14(2)12-18(31-19)23-21(25)20-17(9-11-30-20)32(27,28)24-10-8-15-6-4-5-7-16(15)13-24/h4-7,9,11-12H,3,8,10,13H2,1-2H3,(H,23,25). The van der Waals surface area contributed by atoms with E-state index in [9.17, 15) is 18.0 Å². The van der Waals surface area contributed by atoms with E-state index in [0.29, 0.717) is 28.4 Å². The fourth-order valence-electron chi connectivity index (χ4n) is 3.59. The van der Waals surface area contributed by atoms with Crippen molar-refractivity contribution in [1.29, 1.82) is 0 Å². The van der Waals surface area contributed by atoms with Crippen LogP contribution in [0.3, 0.4) is 0 Å². The lowest BCUT2D eigenvalue weighted by molar-refractivity contribution is 0.0531. The van der Waals surface area contributed by atoms with Crippen LogP contribution < -0.4 is 5.32 Å². The lowest BCUT2D eigenvalue weighted by Crippen LogP contribution is -2.36. The highest BCUT2D eigenvalue weighted by molar-refractivity contribution is 7.89. The Bertz CT molecular complexity index is 1280. The number of nitrogens with one attached hydrogen (secondary N) is 1. The molecule has 0 saturated carbocycles. The number of anilines is 1. The van der Waals surface area contributed by atoms with Crippen LogP contribution in [0.2, 0.25) is 0 Å². The van der Waals surface area contributed by atoms with Crippen LogP contribution in [0.4, 0.5) is 5.00 Å². The summed E-state index contributed by atoms with van der Waals surface area (Å²) in [7, 11) is -3.84. The van der Waals surface area contributed by atoms with Gasteiger partial charge in [0.05, 0.1) is 11.6 Å². The molecule has 0 radical (unpaired) electrons. The van der Waals surface area contributed by atoms with Gasteiger partial charge in [-0.2, -0.15) is 4.31 Å². The van der Waals surface area contributed by atoms with Crippen LogP contribution in [0.1, 0.15) is 43.0 Å². The van der Waals surface area contributed by atoms with Crippen molar-refractivity contribution in [3.63, 3.8) is 0 Å². The highest BCUT2D eigenvalue weighted by Gasteiger charge is 2.32. The molecule has 32 heavy (non-hydrogen) atoms. The number of amides is 1. The van der Waals surface area contributed by atoms with E-state index in [0.717, 1.165) is 33.8 Å². The third-order valence-electron chi connectivity index (χ3n) is 5.16. The van der Waals surface area contributed by atoms with E-state index in [1.165, 1.54) is 10.4 Å². The van der Waals surface area contributed by atoms with Crippen molar-refractivity contribution in [1.82, 2.24) is 4.31 Å². The summed E-state index contributed by atoms with van der Waals surface area (Å²) in [6.07, 6.45) is 0.631. The molecule has 2 aromatic heterocycles. The Morgan fingerprint density at radius 1 is 1.16 bits per heavy atom. The summed E-state index contributed by atoms with van der Waals surface area (Å²) in [5.74, 6) is -0.965. The molecule has 0 atom stereocenters. The Labute approximate surface area is 194 Å². The van der Waals surface area contributed by atoms with Crippen molar-refractivity contribution in [3.8, 4) is 0 Å². The minimum Gasteiger partial charge on any atom is -0.462 e. The first-order chi connectivity index (χ1) is 15.3. The number of aryl methyl sites for hydroxylation is 1. The Kier molecular flexibility index (Phi) is 6.47. The molecule has 0 aliphatic carbocycles. The van der Waals surface area contributed by atoms with Gasteiger partial charge in [-0.05, 0) is 54.5 Å². The number of benzene rings is 1. The van der Waals surface area contributed by atoms with Gasteiger partial charge in [0.25, 0.3) is 5.91 Å². The third-order valence-corrected chi connectivity index (χ3v) is 9.23. The Hall–Kier alpha value is -2.53. The molecule has 3 aromatic rings. The van der Waals surface area contributed by atoms with Gasteiger partial charge in [0, 0.05) is 13.1 Å². The first-order valence-corrected chi connectivity index (χ1v) is 13.2. The number of fused-ring (bicyclic) bond motifs is 1. The fourth-order valence-corrected chi connectivity index (χ4v) is 7.27. The van der Waals surface area contributed by atoms with Crippen LogP contribution in [0, 0.1) is 6.92 Å². The van der Waals surface area contributed by atoms with E-state index >= 15 is 0 Å². The monoisotopic (exact) mass is 490 g/mol. The van der Waals surface area contributed by atoms with Gasteiger partial charge in [-0.3, -0.25) is 4.79 Å². The Morgan fingerprint density at radius 2 is 1.91 bits per heavy atom. The van der Waals surface area contributed by atoms with Crippen molar-refractivity contribution in [2.75, 3.05) is 18.5 Å². The van der Waals surface area contributed by atoms with Crippen molar-refractivity contribution in [2.24, 2.45) is 0 Å². The molecule has 1 N–H and O–H groups in total. The van der Waals surface area contributed by atoms with Gasteiger partial charge < -0.3 is 10.1 Å². The quantitative estimate of drug-likeness (QED) is 0.520. The van der Waals surface area contributed by atoms with Crippen molar-refractivity contribution >= 4 is 49.6 Å². The number of sulfonamides is 1. The van der Waals surface area contributed by atoms with Gasteiger partial charge in [0.15, 0.2) is 0 Å². The van der Waals surface area contributed by atoms with Crippen molar-refractivity contribution in [2.45, 2.75) is 31.7 Å². The van der Waals surface area contributed by atoms with Crippen LogP contribution in [-0.4, -0.2) is 37.8 Å². The average molecular weight is 491 g/mol. The number of hydrogen-bond acceptors (Lipinski definition) is 7. The molecule has 4 rings (SSSR count). The number of esters is 1. The summed E-state index contributed by atoms with van der Waals surface area (Å²) in [5, 5.41) is 4.79. The number of carbonyl (C=O) groups is 2. The highest BCUT2D eigenvalue weighted by atomic mass is 32.2. The topological polar surface area (TPSA) is 92.8 Å². The minimum atomic E-state index is -3.84. The third kappa shape index (κ3) is 4.36. The van der Waals surface area contributed by atoms with Crippen molar-refractivity contribution in [3.05, 3.63) is 68.2 Å². The first kappa shape index (κ1) is 22.7. The molecule has 1 aliphatic heterocycles. The van der Waals surface area contributed by atoms with Crippen LogP contribution in [0.5, 0.6) is 0 Å². The highest BCUT2D eigenvalue weighted by Crippen LogP contribution is 2.32. The molecular weight excluding hydrogens is 468 g/mol. The molecule has 10 heteroatoms. The van der Waals surface area contributed by atoms with Gasteiger partial charge >= 0.3 is 5.97 Å². The number of hydrogen-bond donors (Lipinski definition) is 1. The molecule has 0 bridgehead atoms. The van der Waals surface area contributed by atoms with Gasteiger partial charge in [-0.15, -0.1) is 22.7 Å². The molecule has 0 fully saturated rings. The Balaban J connectivity index is 1.55. The normalized spacial score (nSPS) is 14.1. The molecule has 3 heterocycles. The fraction of sp³-hybridized carbons (Fsp3) is 0.273. The lowest BCUT2D eigenvalue weighted by atomic mass is 10.0. The second-order valence-electron chi connectivity index (χ2n) is 7.27. The maximum absolute atomic E-state index is 13.3. The van der Waals surface area contributed by atoms with Gasteiger partial charge in [0.2, 0.25) is 10.0 Å². The summed E-state index contributed by atoms with van der Waals surface area (Å²) < 4.78 is 33.1. The zero-order valence-electron chi connectivity index (χ0n) is 17.6. The van der Waals surface area contributed by atoms with Crippen LogP contribution >= 0.6 is 22.7 Å². The predicted molar refractivity (Wildman–Crippen MR) is 125 cm³/mol. The van der Waals surface area contributed by atoms with Gasteiger partial charge in [-0.1, -0.05) is 24.3 Å². The van der Waals surface area contributed by atoms with E-state index in [-0.39, 0.29) is 22.9 Å². The Morgan fingerprint density at radius 3 is 2.66 bits per heavy atom. The molecule has 0 saturated heterocycles. The largest absolute Gasteiger partial charge is 0.462 e. The second kappa shape index (κ2) is 9.14. The number of ether oxygens (including phenoxy) is 1. The maximum Gasteiger partial charge on any atom is 0.348 e. The molecule has 1 amide bonds. The van der Waals surface area contributed by atoms with E-state index in [1.54, 1.807) is 25.3 Å². The summed E-state index contributed by atoms with van der Waals surface area (Å²) in [5.41, 5.74) is 2.81. The first-order valence-electron chi connectivity index (χ1n) is 10.0. The number of nitrogens with zero attached hydrogens (tertiary/aromatic N) is 1. The van der Waals surface area contributed by atoms with E-state index in [4.69, 9.17) is 4.74 Å². The molecule has 0 spiro atoms. The smallest absolute Gasteiger partial charge is 0.348 e. The second-order valence-corrected chi connectivity index (χ2v) is 11.1. The zero-order chi connectivity index (χ0) is 22.9. The molecule has 0 unspecified atom stereocenters. The number of rotatable bonds is 6. The van der Waals surface area contributed by atoms with E-state index < -0.39 is 21.9 Å². The van der Waals surface area contributed by atoms with Crippen LogP contribution in [-0.2, 0) is 27.7 Å².